The summed E-state index contributed by atoms with van der Waals surface area (Å²) in [5.74, 6) is -4.00. The number of ether oxygens (including phenoxy) is 1. The van der Waals surface area contributed by atoms with Crippen molar-refractivity contribution in [3.63, 3.8) is 0 Å². The number of carbonyl (C=O) groups excluding carboxylic acids is 1. The SMILES string of the molecule is O=C(N1CCOCC1)C(F)(F)CC1=CCCC(Cc2ccccc2)C1. The van der Waals surface area contributed by atoms with Gasteiger partial charge in [-0.15, -0.1) is 0 Å². The van der Waals surface area contributed by atoms with Crippen molar-refractivity contribution >= 4 is 5.91 Å². The Morgan fingerprint density at radius 3 is 2.64 bits per heavy atom. The number of halogens is 2. The van der Waals surface area contributed by atoms with Crippen LogP contribution in [0.4, 0.5) is 8.78 Å². The number of allylic oxidation sites excluding steroid dienone is 2. The minimum atomic E-state index is -3.32. The molecule has 1 amide bonds. The van der Waals surface area contributed by atoms with Crippen LogP contribution in [0.3, 0.4) is 0 Å². The fourth-order valence-electron chi connectivity index (χ4n) is 3.70. The quantitative estimate of drug-likeness (QED) is 0.756. The van der Waals surface area contributed by atoms with Gasteiger partial charge in [0.15, 0.2) is 0 Å². The van der Waals surface area contributed by atoms with Crippen LogP contribution in [0.2, 0.25) is 0 Å². The van der Waals surface area contributed by atoms with E-state index in [1.807, 2.05) is 24.3 Å². The van der Waals surface area contributed by atoms with E-state index in [0.717, 1.165) is 24.8 Å². The summed E-state index contributed by atoms with van der Waals surface area (Å²) in [7, 11) is 0. The lowest BCUT2D eigenvalue weighted by atomic mass is 9.82. The summed E-state index contributed by atoms with van der Waals surface area (Å²) in [6, 6.07) is 10.1. The molecule has 0 bridgehead atoms. The zero-order valence-corrected chi connectivity index (χ0v) is 14.4. The Balaban J connectivity index is 1.57. The van der Waals surface area contributed by atoms with Crippen molar-refractivity contribution in [2.75, 3.05) is 26.3 Å². The first-order valence-electron chi connectivity index (χ1n) is 9.01. The summed E-state index contributed by atoms with van der Waals surface area (Å²) < 4.78 is 34.1. The van der Waals surface area contributed by atoms with Gasteiger partial charge < -0.3 is 9.64 Å². The van der Waals surface area contributed by atoms with Crippen LogP contribution in [0.15, 0.2) is 42.0 Å². The number of nitrogens with zero attached hydrogens (tertiary/aromatic N) is 1. The molecule has 1 fully saturated rings. The fourth-order valence-corrected chi connectivity index (χ4v) is 3.70. The van der Waals surface area contributed by atoms with Gasteiger partial charge in [0.2, 0.25) is 0 Å². The summed E-state index contributed by atoms with van der Waals surface area (Å²) >= 11 is 0. The second-order valence-corrected chi connectivity index (χ2v) is 6.99. The minimum Gasteiger partial charge on any atom is -0.378 e. The molecule has 1 aromatic rings. The Morgan fingerprint density at radius 1 is 1.20 bits per heavy atom. The summed E-state index contributed by atoms with van der Waals surface area (Å²) in [4.78, 5) is 13.4. The van der Waals surface area contributed by atoms with E-state index in [2.05, 4.69) is 12.1 Å². The highest BCUT2D eigenvalue weighted by atomic mass is 19.3. The van der Waals surface area contributed by atoms with Crippen molar-refractivity contribution in [1.29, 1.82) is 0 Å². The maximum absolute atomic E-state index is 14.5. The molecule has 1 saturated heterocycles. The lowest BCUT2D eigenvalue weighted by molar-refractivity contribution is -0.161. The highest BCUT2D eigenvalue weighted by molar-refractivity contribution is 5.84. The number of amides is 1. The van der Waals surface area contributed by atoms with Crippen LogP contribution < -0.4 is 0 Å². The average molecular weight is 349 g/mol. The Hall–Kier alpha value is -1.75. The molecule has 5 heteroatoms. The molecule has 0 radical (unpaired) electrons. The summed E-state index contributed by atoms with van der Waals surface area (Å²) in [5, 5.41) is 0. The molecular formula is C20H25F2NO2. The summed E-state index contributed by atoms with van der Waals surface area (Å²) in [5.41, 5.74) is 1.96. The van der Waals surface area contributed by atoms with Gasteiger partial charge in [0.25, 0.3) is 5.91 Å². The molecule has 1 aliphatic carbocycles. The largest absolute Gasteiger partial charge is 0.378 e. The van der Waals surface area contributed by atoms with Crippen LogP contribution in [0.5, 0.6) is 0 Å². The van der Waals surface area contributed by atoms with Crippen molar-refractivity contribution in [2.45, 2.75) is 38.0 Å². The average Bonchev–Trinajstić information content (AvgIpc) is 2.62. The van der Waals surface area contributed by atoms with E-state index in [9.17, 15) is 13.6 Å². The highest BCUT2D eigenvalue weighted by Crippen LogP contribution is 2.34. The van der Waals surface area contributed by atoms with Crippen LogP contribution in [0.25, 0.3) is 0 Å². The van der Waals surface area contributed by atoms with Crippen LogP contribution in [0.1, 0.15) is 31.2 Å². The van der Waals surface area contributed by atoms with Gasteiger partial charge in [0.05, 0.1) is 13.2 Å². The number of carbonyl (C=O) groups is 1. The molecule has 1 unspecified atom stereocenters. The maximum atomic E-state index is 14.5. The predicted octanol–water partition coefficient (Wildman–Crippen LogP) is 3.84. The molecule has 136 valence electrons. The lowest BCUT2D eigenvalue weighted by Gasteiger charge is -2.31. The zero-order valence-electron chi connectivity index (χ0n) is 14.4. The Morgan fingerprint density at radius 2 is 1.92 bits per heavy atom. The van der Waals surface area contributed by atoms with Gasteiger partial charge in [-0.25, -0.2) is 0 Å². The van der Waals surface area contributed by atoms with Gasteiger partial charge >= 0.3 is 5.92 Å². The predicted molar refractivity (Wildman–Crippen MR) is 92.5 cm³/mol. The smallest absolute Gasteiger partial charge is 0.328 e. The van der Waals surface area contributed by atoms with Gasteiger partial charge in [-0.3, -0.25) is 4.79 Å². The third-order valence-corrected chi connectivity index (χ3v) is 4.99. The molecular weight excluding hydrogens is 324 g/mol. The van der Waals surface area contributed by atoms with Crippen molar-refractivity contribution in [2.24, 2.45) is 5.92 Å². The summed E-state index contributed by atoms with van der Waals surface area (Å²) in [6.45, 7) is 1.18. The molecule has 25 heavy (non-hydrogen) atoms. The Kier molecular flexibility index (Phi) is 5.84. The number of benzene rings is 1. The van der Waals surface area contributed by atoms with E-state index in [4.69, 9.17) is 4.74 Å². The van der Waals surface area contributed by atoms with E-state index < -0.39 is 18.3 Å². The van der Waals surface area contributed by atoms with E-state index in [1.165, 1.54) is 10.5 Å². The van der Waals surface area contributed by atoms with E-state index >= 15 is 0 Å². The molecule has 1 atom stereocenters. The first-order valence-corrected chi connectivity index (χ1v) is 9.01. The molecule has 1 heterocycles. The Labute approximate surface area is 147 Å². The molecule has 0 aromatic heterocycles. The van der Waals surface area contributed by atoms with Crippen LogP contribution >= 0.6 is 0 Å². The second kappa shape index (κ2) is 8.09. The van der Waals surface area contributed by atoms with Crippen molar-refractivity contribution in [3.05, 3.63) is 47.5 Å². The van der Waals surface area contributed by atoms with Gasteiger partial charge in [0.1, 0.15) is 0 Å². The molecule has 1 aromatic carbocycles. The second-order valence-electron chi connectivity index (χ2n) is 6.99. The van der Waals surface area contributed by atoms with Gasteiger partial charge in [0, 0.05) is 19.5 Å². The molecule has 0 saturated carbocycles. The molecule has 2 aliphatic rings. The normalized spacial score (nSPS) is 21.8. The topological polar surface area (TPSA) is 29.5 Å². The van der Waals surface area contributed by atoms with Crippen LogP contribution in [-0.4, -0.2) is 43.0 Å². The molecule has 1 aliphatic heterocycles. The molecule has 0 spiro atoms. The third kappa shape index (κ3) is 4.88. The fraction of sp³-hybridized carbons (Fsp3) is 0.550. The van der Waals surface area contributed by atoms with Crippen molar-refractivity contribution in [3.8, 4) is 0 Å². The van der Waals surface area contributed by atoms with Gasteiger partial charge in [-0.1, -0.05) is 42.0 Å². The van der Waals surface area contributed by atoms with Crippen LogP contribution in [0, 0.1) is 5.92 Å². The lowest BCUT2D eigenvalue weighted by Crippen LogP contribution is -2.48. The minimum absolute atomic E-state index is 0.254. The number of alkyl halides is 2. The Bertz CT molecular complexity index is 609. The molecule has 3 rings (SSSR count). The number of rotatable bonds is 5. The third-order valence-electron chi connectivity index (χ3n) is 4.99. The number of morpholine rings is 1. The van der Waals surface area contributed by atoms with E-state index in [-0.39, 0.29) is 13.1 Å². The number of hydrogen-bond donors (Lipinski definition) is 0. The first-order chi connectivity index (χ1) is 12.0. The maximum Gasteiger partial charge on any atom is 0.328 e. The van der Waals surface area contributed by atoms with E-state index in [0.29, 0.717) is 25.6 Å². The molecule has 0 N–H and O–H groups in total. The van der Waals surface area contributed by atoms with E-state index in [1.54, 1.807) is 0 Å². The van der Waals surface area contributed by atoms with Crippen molar-refractivity contribution < 1.29 is 18.3 Å². The highest BCUT2D eigenvalue weighted by Gasteiger charge is 2.43. The van der Waals surface area contributed by atoms with Gasteiger partial charge in [-0.2, -0.15) is 8.78 Å². The summed E-state index contributed by atoms with van der Waals surface area (Å²) in [6.07, 6.45) is 4.84. The zero-order chi connectivity index (χ0) is 17.7. The van der Waals surface area contributed by atoms with Crippen LogP contribution in [-0.2, 0) is 16.0 Å². The standard InChI is InChI=1S/C20H25F2NO2/c21-20(22,19(24)23-9-11-25-12-10-23)15-18-8-4-7-17(14-18)13-16-5-2-1-3-6-16/h1-3,5-6,8,17H,4,7,9-15H2. The number of hydrogen-bond acceptors (Lipinski definition) is 2. The molecule has 3 nitrogen and oxygen atoms in total. The monoisotopic (exact) mass is 349 g/mol. The van der Waals surface area contributed by atoms with Crippen molar-refractivity contribution in [1.82, 2.24) is 4.90 Å². The van der Waals surface area contributed by atoms with Gasteiger partial charge in [-0.05, 0) is 37.2 Å². The first kappa shape index (κ1) is 18.1.